The van der Waals surface area contributed by atoms with Crippen molar-refractivity contribution >= 4 is 18.3 Å². The molecule has 1 atom stereocenters. The number of aromatic amines is 1. The SMILES string of the molecule is Cl.O=C(NC1CCCNC1)c1ccc(=O)[nH]c1. The normalized spacial score (nSPS) is 19.2. The number of halogens is 1. The highest BCUT2D eigenvalue weighted by molar-refractivity contribution is 5.94. The first kappa shape index (κ1) is 13.7. The summed E-state index contributed by atoms with van der Waals surface area (Å²) >= 11 is 0. The smallest absolute Gasteiger partial charge is 0.253 e. The minimum Gasteiger partial charge on any atom is -0.348 e. The Bertz CT molecular complexity index is 406. The van der Waals surface area contributed by atoms with Gasteiger partial charge in [-0.2, -0.15) is 0 Å². The molecule has 0 aromatic carbocycles. The first-order valence-corrected chi connectivity index (χ1v) is 5.46. The van der Waals surface area contributed by atoms with E-state index in [-0.39, 0.29) is 29.9 Å². The molecule has 1 aromatic rings. The quantitative estimate of drug-likeness (QED) is 0.713. The Kier molecular flexibility index (Phi) is 5.18. The average molecular weight is 258 g/mol. The molecule has 6 heteroatoms. The number of hydrogen-bond acceptors (Lipinski definition) is 3. The van der Waals surface area contributed by atoms with Crippen LogP contribution in [0.15, 0.2) is 23.1 Å². The monoisotopic (exact) mass is 257 g/mol. The number of carbonyl (C=O) groups is 1. The molecule has 1 unspecified atom stereocenters. The van der Waals surface area contributed by atoms with Gasteiger partial charge in [0.25, 0.3) is 5.91 Å². The van der Waals surface area contributed by atoms with Crippen molar-refractivity contribution in [3.05, 3.63) is 34.2 Å². The number of nitrogens with one attached hydrogen (secondary N) is 3. The minimum absolute atomic E-state index is 0. The number of aromatic nitrogens is 1. The van der Waals surface area contributed by atoms with Crippen LogP contribution >= 0.6 is 12.4 Å². The molecule has 0 spiro atoms. The fourth-order valence-electron chi connectivity index (χ4n) is 1.80. The summed E-state index contributed by atoms with van der Waals surface area (Å²) in [4.78, 5) is 25.1. The van der Waals surface area contributed by atoms with Crippen molar-refractivity contribution in [3.8, 4) is 0 Å². The maximum atomic E-state index is 11.8. The van der Waals surface area contributed by atoms with Crippen molar-refractivity contribution in [3.63, 3.8) is 0 Å². The molecule has 0 radical (unpaired) electrons. The van der Waals surface area contributed by atoms with E-state index in [1.807, 2.05) is 0 Å². The largest absolute Gasteiger partial charge is 0.348 e. The topological polar surface area (TPSA) is 74.0 Å². The van der Waals surface area contributed by atoms with Crippen molar-refractivity contribution in [2.75, 3.05) is 13.1 Å². The lowest BCUT2D eigenvalue weighted by atomic mass is 10.1. The molecule has 1 aromatic heterocycles. The fourth-order valence-corrected chi connectivity index (χ4v) is 1.80. The molecule has 1 saturated heterocycles. The lowest BCUT2D eigenvalue weighted by molar-refractivity contribution is 0.0930. The predicted octanol–water partition coefficient (Wildman–Crippen LogP) is 0.279. The van der Waals surface area contributed by atoms with Crippen molar-refractivity contribution in [1.82, 2.24) is 15.6 Å². The highest BCUT2D eigenvalue weighted by Crippen LogP contribution is 2.03. The van der Waals surface area contributed by atoms with Gasteiger partial charge in [0.05, 0.1) is 5.56 Å². The van der Waals surface area contributed by atoms with Gasteiger partial charge >= 0.3 is 0 Å². The average Bonchev–Trinajstić information content (AvgIpc) is 2.31. The van der Waals surface area contributed by atoms with E-state index in [2.05, 4.69) is 15.6 Å². The van der Waals surface area contributed by atoms with Crippen LogP contribution in [0.25, 0.3) is 0 Å². The Morgan fingerprint density at radius 2 is 2.24 bits per heavy atom. The fraction of sp³-hybridized carbons (Fsp3) is 0.455. The number of carbonyl (C=O) groups excluding carboxylic acids is 1. The zero-order valence-electron chi connectivity index (χ0n) is 9.36. The second-order valence-electron chi connectivity index (χ2n) is 3.96. The van der Waals surface area contributed by atoms with Crippen molar-refractivity contribution in [2.45, 2.75) is 18.9 Å². The van der Waals surface area contributed by atoms with Gasteiger partial charge in [-0.3, -0.25) is 9.59 Å². The van der Waals surface area contributed by atoms with Gasteiger partial charge in [-0.25, -0.2) is 0 Å². The summed E-state index contributed by atoms with van der Waals surface area (Å²) in [6.07, 6.45) is 3.52. The van der Waals surface area contributed by atoms with E-state index in [9.17, 15) is 9.59 Å². The van der Waals surface area contributed by atoms with Gasteiger partial charge in [0.2, 0.25) is 5.56 Å². The summed E-state index contributed by atoms with van der Waals surface area (Å²) in [5.41, 5.74) is 0.293. The Labute approximate surface area is 105 Å². The standard InChI is InChI=1S/C11H15N3O2.ClH/c15-10-4-3-8(6-13-10)11(16)14-9-2-1-5-12-7-9;/h3-4,6,9,12H,1-2,5,7H2,(H,13,15)(H,14,16);1H. The zero-order valence-corrected chi connectivity index (χ0v) is 10.2. The molecule has 2 heterocycles. The summed E-state index contributed by atoms with van der Waals surface area (Å²) in [7, 11) is 0. The van der Waals surface area contributed by atoms with Crippen LogP contribution in [0.1, 0.15) is 23.2 Å². The lowest BCUT2D eigenvalue weighted by Gasteiger charge is -2.23. The molecule has 1 amide bonds. The summed E-state index contributed by atoms with van der Waals surface area (Å²) in [6, 6.07) is 3.08. The molecule has 0 bridgehead atoms. The molecule has 1 aliphatic rings. The van der Waals surface area contributed by atoms with Gasteiger partial charge in [0.15, 0.2) is 0 Å². The van der Waals surface area contributed by atoms with Crippen LogP contribution < -0.4 is 16.2 Å². The van der Waals surface area contributed by atoms with E-state index in [4.69, 9.17) is 0 Å². The number of hydrogen-bond donors (Lipinski definition) is 3. The second-order valence-corrected chi connectivity index (χ2v) is 3.96. The van der Waals surface area contributed by atoms with Gasteiger partial charge in [-0.15, -0.1) is 12.4 Å². The number of H-pyrrole nitrogens is 1. The second kappa shape index (κ2) is 6.42. The summed E-state index contributed by atoms with van der Waals surface area (Å²) in [5, 5.41) is 6.16. The van der Waals surface area contributed by atoms with Gasteiger partial charge in [-0.05, 0) is 25.5 Å². The van der Waals surface area contributed by atoms with E-state index >= 15 is 0 Å². The number of rotatable bonds is 2. The molecule has 0 saturated carbocycles. The maximum Gasteiger partial charge on any atom is 0.253 e. The van der Waals surface area contributed by atoms with Crippen LogP contribution in [0.4, 0.5) is 0 Å². The van der Waals surface area contributed by atoms with Crippen LogP contribution in [0.3, 0.4) is 0 Å². The van der Waals surface area contributed by atoms with E-state index < -0.39 is 0 Å². The Hall–Kier alpha value is -1.33. The number of piperidine rings is 1. The first-order chi connectivity index (χ1) is 7.75. The predicted molar refractivity (Wildman–Crippen MR) is 67.7 cm³/mol. The van der Waals surface area contributed by atoms with Gasteiger partial charge < -0.3 is 15.6 Å². The maximum absolute atomic E-state index is 11.8. The summed E-state index contributed by atoms with van der Waals surface area (Å²) < 4.78 is 0. The highest BCUT2D eigenvalue weighted by Gasteiger charge is 2.15. The molecule has 5 nitrogen and oxygen atoms in total. The van der Waals surface area contributed by atoms with E-state index in [1.54, 1.807) is 0 Å². The third-order valence-corrected chi connectivity index (χ3v) is 2.68. The lowest BCUT2D eigenvalue weighted by Crippen LogP contribution is -2.45. The van der Waals surface area contributed by atoms with Gasteiger partial charge in [-0.1, -0.05) is 0 Å². The molecule has 1 fully saturated rings. The third-order valence-electron chi connectivity index (χ3n) is 2.68. The molecule has 1 aliphatic heterocycles. The van der Waals surface area contributed by atoms with Gasteiger partial charge in [0, 0.05) is 24.8 Å². The molecule has 0 aliphatic carbocycles. The molecule has 2 rings (SSSR count). The van der Waals surface area contributed by atoms with Gasteiger partial charge in [0.1, 0.15) is 0 Å². The van der Waals surface area contributed by atoms with Crippen LogP contribution in [-0.4, -0.2) is 30.0 Å². The van der Waals surface area contributed by atoms with E-state index in [0.29, 0.717) is 5.56 Å². The first-order valence-electron chi connectivity index (χ1n) is 5.46. The van der Waals surface area contributed by atoms with Crippen molar-refractivity contribution < 1.29 is 4.79 Å². The molecule has 94 valence electrons. The van der Waals surface area contributed by atoms with Crippen LogP contribution in [0, 0.1) is 0 Å². The molecular weight excluding hydrogens is 242 g/mol. The van der Waals surface area contributed by atoms with Crippen LogP contribution in [-0.2, 0) is 0 Å². The third kappa shape index (κ3) is 3.87. The Morgan fingerprint density at radius 1 is 1.41 bits per heavy atom. The highest BCUT2D eigenvalue weighted by atomic mass is 35.5. The zero-order chi connectivity index (χ0) is 11.4. The van der Waals surface area contributed by atoms with Crippen LogP contribution in [0.2, 0.25) is 0 Å². The van der Waals surface area contributed by atoms with Crippen molar-refractivity contribution in [1.29, 1.82) is 0 Å². The minimum atomic E-state index is -0.198. The summed E-state index contributed by atoms with van der Waals surface area (Å²) in [5.74, 6) is -0.134. The summed E-state index contributed by atoms with van der Waals surface area (Å²) in [6.45, 7) is 1.83. The number of pyridine rings is 1. The molecule has 3 N–H and O–H groups in total. The molecule has 17 heavy (non-hydrogen) atoms. The molecular formula is C11H16ClN3O2. The Morgan fingerprint density at radius 3 is 2.82 bits per heavy atom. The van der Waals surface area contributed by atoms with Crippen LogP contribution in [0.5, 0.6) is 0 Å². The number of amides is 1. The Balaban J connectivity index is 0.00000144. The van der Waals surface area contributed by atoms with E-state index in [1.165, 1.54) is 18.3 Å². The van der Waals surface area contributed by atoms with Crippen molar-refractivity contribution in [2.24, 2.45) is 0 Å². The van der Waals surface area contributed by atoms with E-state index in [0.717, 1.165) is 25.9 Å².